The van der Waals surface area contributed by atoms with E-state index in [2.05, 4.69) is 44.9 Å². The fourth-order valence-corrected chi connectivity index (χ4v) is 5.79. The molecule has 4 rings (SSSR count). The maximum absolute atomic E-state index is 5.87. The SMILES string of the molecule is CCOc1cc([C@@H]2[C@@H](c3ccccn3)N=C3SC[C@@H](CC)N32)c(Br)cc1OC. The third-order valence-electron chi connectivity index (χ3n) is 5.23. The molecular formula is C21H24BrN3O2S. The van der Waals surface area contributed by atoms with Crippen molar-refractivity contribution in [3.63, 3.8) is 0 Å². The number of pyridine rings is 1. The van der Waals surface area contributed by atoms with Crippen LogP contribution in [0, 0.1) is 0 Å². The zero-order valence-electron chi connectivity index (χ0n) is 16.3. The number of hydrogen-bond donors (Lipinski definition) is 0. The molecule has 2 aliphatic rings. The molecule has 2 aromatic rings. The molecule has 2 aliphatic heterocycles. The summed E-state index contributed by atoms with van der Waals surface area (Å²) in [5.41, 5.74) is 2.14. The molecule has 0 amide bonds. The second-order valence-corrected chi connectivity index (χ2v) is 8.64. The van der Waals surface area contributed by atoms with Gasteiger partial charge in [-0.05, 0) is 43.2 Å². The van der Waals surface area contributed by atoms with Crippen molar-refractivity contribution in [2.45, 2.75) is 38.4 Å². The van der Waals surface area contributed by atoms with E-state index in [0.29, 0.717) is 12.6 Å². The molecule has 1 aromatic carbocycles. The number of halogens is 1. The summed E-state index contributed by atoms with van der Waals surface area (Å²) >= 11 is 5.63. The highest BCUT2D eigenvalue weighted by atomic mass is 79.9. The Bertz CT molecular complexity index is 877. The topological polar surface area (TPSA) is 47.0 Å². The van der Waals surface area contributed by atoms with Gasteiger partial charge in [0.1, 0.15) is 6.04 Å². The molecule has 148 valence electrons. The number of amidine groups is 1. The molecule has 0 bridgehead atoms. The number of aromatic nitrogens is 1. The Morgan fingerprint density at radius 1 is 1.25 bits per heavy atom. The van der Waals surface area contributed by atoms with Crippen LogP contribution in [-0.4, -0.2) is 40.6 Å². The maximum atomic E-state index is 5.87. The molecule has 7 heteroatoms. The van der Waals surface area contributed by atoms with E-state index in [1.165, 1.54) is 0 Å². The van der Waals surface area contributed by atoms with Gasteiger partial charge in [-0.3, -0.25) is 9.98 Å². The lowest BCUT2D eigenvalue weighted by Gasteiger charge is -2.32. The summed E-state index contributed by atoms with van der Waals surface area (Å²) in [5, 5.41) is 1.12. The van der Waals surface area contributed by atoms with Gasteiger partial charge >= 0.3 is 0 Å². The van der Waals surface area contributed by atoms with Crippen LogP contribution in [0.15, 0.2) is 46.0 Å². The standard InChI is InChI=1S/C21H24BrN3O2S/c1-4-13-12-28-21-24-19(16-8-6-7-9-23-16)20(25(13)21)14-10-18(27-5-2)17(26-3)11-15(14)22/h6-11,13,19-20H,4-5,12H2,1-3H3/t13-,19-,20-/m1/s1. The average Bonchev–Trinajstić information content (AvgIpc) is 3.29. The van der Waals surface area contributed by atoms with Crippen LogP contribution in [0.25, 0.3) is 0 Å². The summed E-state index contributed by atoms with van der Waals surface area (Å²) in [6.45, 7) is 4.82. The third kappa shape index (κ3) is 3.39. The zero-order valence-corrected chi connectivity index (χ0v) is 18.7. The number of hydrogen-bond acceptors (Lipinski definition) is 6. The molecule has 0 unspecified atom stereocenters. The van der Waals surface area contributed by atoms with Crippen LogP contribution in [0.3, 0.4) is 0 Å². The predicted molar refractivity (Wildman–Crippen MR) is 117 cm³/mol. The first-order valence-electron chi connectivity index (χ1n) is 9.58. The quantitative estimate of drug-likeness (QED) is 0.588. The van der Waals surface area contributed by atoms with Gasteiger partial charge in [-0.25, -0.2) is 0 Å². The van der Waals surface area contributed by atoms with Crippen molar-refractivity contribution in [2.24, 2.45) is 4.99 Å². The minimum Gasteiger partial charge on any atom is -0.493 e. The fourth-order valence-electron chi connectivity index (χ4n) is 3.89. The number of rotatable bonds is 6. The summed E-state index contributed by atoms with van der Waals surface area (Å²) < 4.78 is 12.4. The smallest absolute Gasteiger partial charge is 0.161 e. The highest BCUT2D eigenvalue weighted by Crippen LogP contribution is 2.51. The van der Waals surface area contributed by atoms with Crippen LogP contribution < -0.4 is 9.47 Å². The Hall–Kier alpha value is -1.73. The largest absolute Gasteiger partial charge is 0.493 e. The molecule has 0 saturated carbocycles. The van der Waals surface area contributed by atoms with Crippen molar-refractivity contribution in [3.05, 3.63) is 52.3 Å². The van der Waals surface area contributed by atoms with E-state index < -0.39 is 0 Å². The van der Waals surface area contributed by atoms with Gasteiger partial charge in [-0.2, -0.15) is 0 Å². The molecule has 5 nitrogen and oxygen atoms in total. The Morgan fingerprint density at radius 3 is 2.79 bits per heavy atom. The summed E-state index contributed by atoms with van der Waals surface area (Å²) in [5.74, 6) is 2.57. The van der Waals surface area contributed by atoms with E-state index in [-0.39, 0.29) is 12.1 Å². The molecule has 3 atom stereocenters. The van der Waals surface area contributed by atoms with Crippen LogP contribution in [0.1, 0.15) is 43.6 Å². The molecule has 0 radical (unpaired) electrons. The van der Waals surface area contributed by atoms with Crippen molar-refractivity contribution in [1.82, 2.24) is 9.88 Å². The molecule has 0 spiro atoms. The minimum absolute atomic E-state index is 0.0442. The van der Waals surface area contributed by atoms with Gasteiger partial charge in [-0.1, -0.05) is 40.7 Å². The zero-order chi connectivity index (χ0) is 19.7. The second kappa shape index (κ2) is 8.33. The van der Waals surface area contributed by atoms with Gasteiger partial charge in [-0.15, -0.1) is 0 Å². The van der Waals surface area contributed by atoms with E-state index in [1.54, 1.807) is 7.11 Å². The van der Waals surface area contributed by atoms with Gasteiger partial charge < -0.3 is 14.4 Å². The predicted octanol–water partition coefficient (Wildman–Crippen LogP) is 5.23. The lowest BCUT2D eigenvalue weighted by Crippen LogP contribution is -2.35. The summed E-state index contributed by atoms with van der Waals surface area (Å²) in [7, 11) is 1.67. The monoisotopic (exact) mass is 461 g/mol. The van der Waals surface area contributed by atoms with E-state index in [9.17, 15) is 0 Å². The summed E-state index contributed by atoms with van der Waals surface area (Å²) in [4.78, 5) is 12.2. The van der Waals surface area contributed by atoms with Gasteiger partial charge in [0.2, 0.25) is 0 Å². The number of thioether (sulfide) groups is 1. The molecule has 1 aromatic heterocycles. The van der Waals surface area contributed by atoms with E-state index in [1.807, 2.05) is 43.1 Å². The van der Waals surface area contributed by atoms with Gasteiger partial charge in [0, 0.05) is 22.5 Å². The molecule has 3 heterocycles. The second-order valence-electron chi connectivity index (χ2n) is 6.79. The first-order chi connectivity index (χ1) is 13.7. The lowest BCUT2D eigenvalue weighted by molar-refractivity contribution is 0.252. The first kappa shape index (κ1) is 19.6. The Labute approximate surface area is 178 Å². The number of aliphatic imine (C=N–C) groups is 1. The van der Waals surface area contributed by atoms with Crippen molar-refractivity contribution in [3.8, 4) is 11.5 Å². The maximum Gasteiger partial charge on any atom is 0.161 e. The minimum atomic E-state index is -0.0442. The number of nitrogens with zero attached hydrogens (tertiary/aromatic N) is 3. The van der Waals surface area contributed by atoms with Crippen molar-refractivity contribution in [1.29, 1.82) is 0 Å². The van der Waals surface area contributed by atoms with E-state index in [4.69, 9.17) is 14.5 Å². The number of methoxy groups -OCH3 is 1. The summed E-state index contributed by atoms with van der Waals surface area (Å²) in [6.07, 6.45) is 2.93. The molecule has 0 aliphatic carbocycles. The fraction of sp³-hybridized carbons (Fsp3) is 0.429. The lowest BCUT2D eigenvalue weighted by atomic mass is 9.95. The van der Waals surface area contributed by atoms with Crippen LogP contribution in [0.4, 0.5) is 0 Å². The molecular weight excluding hydrogens is 438 g/mol. The first-order valence-corrected chi connectivity index (χ1v) is 11.4. The summed E-state index contributed by atoms with van der Waals surface area (Å²) in [6, 6.07) is 10.6. The number of benzene rings is 1. The Kier molecular flexibility index (Phi) is 5.83. The van der Waals surface area contributed by atoms with Gasteiger partial charge in [0.25, 0.3) is 0 Å². The molecule has 28 heavy (non-hydrogen) atoms. The van der Waals surface area contributed by atoms with Gasteiger partial charge in [0.15, 0.2) is 16.7 Å². The van der Waals surface area contributed by atoms with Gasteiger partial charge in [0.05, 0.1) is 25.5 Å². The number of ether oxygens (including phenoxy) is 2. The van der Waals surface area contributed by atoms with E-state index >= 15 is 0 Å². The van der Waals surface area contributed by atoms with Crippen LogP contribution in [-0.2, 0) is 0 Å². The molecule has 1 saturated heterocycles. The van der Waals surface area contributed by atoms with Crippen molar-refractivity contribution < 1.29 is 9.47 Å². The highest BCUT2D eigenvalue weighted by molar-refractivity contribution is 9.10. The van der Waals surface area contributed by atoms with Crippen LogP contribution in [0.2, 0.25) is 0 Å². The van der Waals surface area contributed by atoms with Crippen LogP contribution in [0.5, 0.6) is 11.5 Å². The molecule has 1 fully saturated rings. The van der Waals surface area contributed by atoms with E-state index in [0.717, 1.165) is 44.6 Å². The van der Waals surface area contributed by atoms with Crippen molar-refractivity contribution in [2.75, 3.05) is 19.5 Å². The highest BCUT2D eigenvalue weighted by Gasteiger charge is 2.46. The Morgan fingerprint density at radius 2 is 2.11 bits per heavy atom. The number of fused-ring (bicyclic) bond motifs is 1. The Balaban J connectivity index is 1.83. The van der Waals surface area contributed by atoms with Crippen molar-refractivity contribution >= 4 is 32.9 Å². The van der Waals surface area contributed by atoms with Crippen LogP contribution >= 0.6 is 27.7 Å². The molecule has 0 N–H and O–H groups in total. The third-order valence-corrected chi connectivity index (χ3v) is 7.04. The normalized spacial score (nSPS) is 23.5. The average molecular weight is 462 g/mol.